The highest BCUT2D eigenvalue weighted by Crippen LogP contribution is 2.38. The molecule has 1 aromatic heterocycles. The number of nitro benzene ring substituents is 1. The zero-order valence-electron chi connectivity index (χ0n) is 20.5. The smallest absolute Gasteiger partial charge is 0.382 e. The van der Waals surface area contributed by atoms with E-state index in [0.29, 0.717) is 57.6 Å². The van der Waals surface area contributed by atoms with E-state index in [-0.39, 0.29) is 30.3 Å². The van der Waals surface area contributed by atoms with Gasteiger partial charge in [0.25, 0.3) is 5.69 Å². The summed E-state index contributed by atoms with van der Waals surface area (Å²) in [7, 11) is 0. The molecule has 2 aromatic rings. The number of nitro groups is 1. The molecule has 0 bridgehead atoms. The molecule has 13 heteroatoms. The van der Waals surface area contributed by atoms with Crippen LogP contribution in [0.2, 0.25) is 0 Å². The first-order chi connectivity index (χ1) is 18.1. The monoisotopic (exact) mass is 532 g/mol. The van der Waals surface area contributed by atoms with Crippen LogP contribution in [-0.2, 0) is 15.7 Å². The second-order valence-electron chi connectivity index (χ2n) is 9.30. The Labute approximate surface area is 217 Å². The second kappa shape index (κ2) is 11.6. The quantitative estimate of drug-likeness (QED) is 0.420. The highest BCUT2D eigenvalue weighted by molar-refractivity contribution is 5.77. The molecule has 0 unspecified atom stereocenters. The largest absolute Gasteiger partial charge is 0.423 e. The number of benzene rings is 1. The zero-order chi connectivity index (χ0) is 27.3. The summed E-state index contributed by atoms with van der Waals surface area (Å²) in [5.41, 5.74) is -0.819. The van der Waals surface area contributed by atoms with Crippen LogP contribution in [0.5, 0.6) is 0 Å². The minimum Gasteiger partial charge on any atom is -0.382 e. The number of rotatable bonds is 7. The third kappa shape index (κ3) is 6.69. The number of ether oxygens (including phenoxy) is 1. The van der Waals surface area contributed by atoms with Gasteiger partial charge >= 0.3 is 6.18 Å². The van der Waals surface area contributed by atoms with Crippen LogP contribution in [0.4, 0.5) is 30.2 Å². The molecule has 2 aliphatic rings. The summed E-state index contributed by atoms with van der Waals surface area (Å²) < 4.78 is 45.5. The molecule has 2 heterocycles. The van der Waals surface area contributed by atoms with Crippen LogP contribution in [0.25, 0.3) is 0 Å². The van der Waals surface area contributed by atoms with Crippen molar-refractivity contribution in [3.8, 4) is 6.07 Å². The summed E-state index contributed by atoms with van der Waals surface area (Å²) in [6.07, 6.45) is -0.742. The fourth-order valence-electron chi connectivity index (χ4n) is 4.76. The number of hydrogen-bond acceptors (Lipinski definition) is 8. The number of carbonyl (C=O) groups excluding carboxylic acids is 1. The molecule has 0 atom stereocenters. The van der Waals surface area contributed by atoms with Crippen molar-refractivity contribution < 1.29 is 27.6 Å². The minimum atomic E-state index is -4.83. The van der Waals surface area contributed by atoms with Crippen LogP contribution in [-0.4, -0.2) is 65.6 Å². The first kappa shape index (κ1) is 27.1. The highest BCUT2D eigenvalue weighted by Gasteiger charge is 2.38. The second-order valence-corrected chi connectivity index (χ2v) is 9.30. The fourth-order valence-corrected chi connectivity index (χ4v) is 4.76. The lowest BCUT2D eigenvalue weighted by Gasteiger charge is -2.36. The lowest BCUT2D eigenvalue weighted by Crippen LogP contribution is -2.50. The molecule has 2 fully saturated rings. The maximum absolute atomic E-state index is 13.2. The van der Waals surface area contributed by atoms with Crippen LogP contribution in [0.1, 0.15) is 36.9 Å². The van der Waals surface area contributed by atoms with E-state index < -0.39 is 22.4 Å². The number of carbonyl (C=O) groups is 1. The third-order valence-electron chi connectivity index (χ3n) is 6.85. The van der Waals surface area contributed by atoms with Gasteiger partial charge in [-0.2, -0.15) is 18.4 Å². The maximum atomic E-state index is 13.2. The number of nitrogens with one attached hydrogen (secondary N) is 1. The lowest BCUT2D eigenvalue weighted by atomic mass is 9.92. The molecule has 1 aliphatic carbocycles. The van der Waals surface area contributed by atoms with E-state index in [9.17, 15) is 28.1 Å². The van der Waals surface area contributed by atoms with Crippen LogP contribution >= 0.6 is 0 Å². The SMILES string of the molecule is N#Cc1ccc(N2CCN(C(=O)COC3CCC(Nc4ccc([N+](=O)[O-])c(C(F)(F)F)c4)CC3)CC2)cn1. The molecule has 1 aliphatic heterocycles. The summed E-state index contributed by atoms with van der Waals surface area (Å²) in [4.78, 5) is 30.5. The Hall–Kier alpha value is -3.92. The third-order valence-corrected chi connectivity index (χ3v) is 6.85. The van der Waals surface area contributed by atoms with Gasteiger partial charge in [-0.3, -0.25) is 14.9 Å². The first-order valence-electron chi connectivity index (χ1n) is 12.3. The molecular formula is C25H27F3N6O4. The Morgan fingerprint density at radius 1 is 1.16 bits per heavy atom. The van der Waals surface area contributed by atoms with E-state index in [1.807, 2.05) is 12.1 Å². The number of aromatic nitrogens is 1. The van der Waals surface area contributed by atoms with Gasteiger partial charge in [-0.05, 0) is 49.9 Å². The van der Waals surface area contributed by atoms with Gasteiger partial charge in [0.05, 0.1) is 22.9 Å². The van der Waals surface area contributed by atoms with Gasteiger partial charge in [0.2, 0.25) is 5.91 Å². The summed E-state index contributed by atoms with van der Waals surface area (Å²) in [6, 6.07) is 8.32. The van der Waals surface area contributed by atoms with Crippen molar-refractivity contribution in [1.82, 2.24) is 9.88 Å². The molecule has 0 spiro atoms. The van der Waals surface area contributed by atoms with Gasteiger partial charge in [-0.25, -0.2) is 4.98 Å². The van der Waals surface area contributed by atoms with Crippen molar-refractivity contribution in [3.63, 3.8) is 0 Å². The molecule has 1 amide bonds. The van der Waals surface area contributed by atoms with E-state index in [1.165, 1.54) is 6.07 Å². The van der Waals surface area contributed by atoms with E-state index in [1.54, 1.807) is 17.2 Å². The summed E-state index contributed by atoms with van der Waals surface area (Å²) in [5.74, 6) is -0.0894. The number of halogens is 3. The number of nitrogens with zero attached hydrogens (tertiary/aromatic N) is 5. The average molecular weight is 533 g/mol. The van der Waals surface area contributed by atoms with Gasteiger partial charge in [0.1, 0.15) is 23.9 Å². The molecular weight excluding hydrogens is 505 g/mol. The number of hydrogen-bond donors (Lipinski definition) is 1. The number of anilines is 2. The molecule has 0 radical (unpaired) electrons. The predicted molar refractivity (Wildman–Crippen MR) is 131 cm³/mol. The van der Waals surface area contributed by atoms with Crippen molar-refractivity contribution in [2.75, 3.05) is 43.0 Å². The standard InChI is InChI=1S/C25H27F3N6O4/c26-25(27,28)22-13-18(4-8-23(22)34(36)37)31-17-2-6-21(7-3-17)38-16-24(35)33-11-9-32(10-12-33)20-5-1-19(14-29)30-15-20/h1,4-5,8,13,15,17,21,31H,2-3,6-7,9-12,16H2. The van der Waals surface area contributed by atoms with Crippen molar-refractivity contribution in [2.45, 2.75) is 44.0 Å². The van der Waals surface area contributed by atoms with E-state index in [4.69, 9.17) is 10.00 Å². The first-order valence-corrected chi connectivity index (χ1v) is 12.3. The molecule has 4 rings (SSSR count). The predicted octanol–water partition coefficient (Wildman–Crippen LogP) is 3.97. The van der Waals surface area contributed by atoms with Crippen molar-refractivity contribution in [1.29, 1.82) is 5.26 Å². The summed E-state index contributed by atoms with van der Waals surface area (Å²) >= 11 is 0. The van der Waals surface area contributed by atoms with Gasteiger partial charge < -0.3 is 19.9 Å². The van der Waals surface area contributed by atoms with Crippen molar-refractivity contribution in [3.05, 3.63) is 57.9 Å². The van der Waals surface area contributed by atoms with Crippen LogP contribution in [0, 0.1) is 21.4 Å². The normalized spacial score (nSPS) is 20.1. The molecule has 1 saturated heterocycles. The highest BCUT2D eigenvalue weighted by atomic mass is 19.4. The zero-order valence-corrected chi connectivity index (χ0v) is 20.5. The molecule has 1 saturated carbocycles. The number of piperazine rings is 1. The van der Waals surface area contributed by atoms with Gasteiger partial charge in [-0.15, -0.1) is 0 Å². The Bertz CT molecular complexity index is 1190. The van der Waals surface area contributed by atoms with E-state index in [0.717, 1.165) is 17.8 Å². The van der Waals surface area contributed by atoms with Gasteiger partial charge in [0, 0.05) is 44.0 Å². The topological polar surface area (TPSA) is 125 Å². The summed E-state index contributed by atoms with van der Waals surface area (Å²) in [5, 5.41) is 22.9. The Balaban J connectivity index is 1.20. The van der Waals surface area contributed by atoms with Crippen LogP contribution in [0.15, 0.2) is 36.5 Å². The van der Waals surface area contributed by atoms with E-state index >= 15 is 0 Å². The Morgan fingerprint density at radius 3 is 2.45 bits per heavy atom. The number of pyridine rings is 1. The van der Waals surface area contributed by atoms with Crippen LogP contribution in [0.3, 0.4) is 0 Å². The number of nitriles is 1. The molecule has 1 N–H and O–H groups in total. The van der Waals surface area contributed by atoms with Gasteiger partial charge in [-0.1, -0.05) is 0 Å². The Kier molecular flexibility index (Phi) is 8.31. The molecule has 202 valence electrons. The maximum Gasteiger partial charge on any atom is 0.423 e. The van der Waals surface area contributed by atoms with Crippen molar-refractivity contribution in [2.24, 2.45) is 0 Å². The van der Waals surface area contributed by atoms with Crippen LogP contribution < -0.4 is 10.2 Å². The van der Waals surface area contributed by atoms with Gasteiger partial charge in [0.15, 0.2) is 0 Å². The average Bonchev–Trinajstić information content (AvgIpc) is 2.92. The van der Waals surface area contributed by atoms with E-state index in [2.05, 4.69) is 15.2 Å². The Morgan fingerprint density at radius 2 is 1.87 bits per heavy atom. The lowest BCUT2D eigenvalue weighted by molar-refractivity contribution is -0.388. The fraction of sp³-hybridized carbons (Fsp3) is 0.480. The van der Waals surface area contributed by atoms with Crippen molar-refractivity contribution >= 4 is 23.0 Å². The minimum absolute atomic E-state index is 0.0293. The number of alkyl halides is 3. The molecule has 38 heavy (non-hydrogen) atoms. The molecule has 1 aromatic carbocycles. The molecule has 10 nitrogen and oxygen atoms in total. The number of amides is 1. The summed E-state index contributed by atoms with van der Waals surface area (Å²) in [6.45, 7) is 2.37.